The van der Waals surface area contributed by atoms with Crippen LogP contribution in [0.5, 0.6) is 0 Å². The first kappa shape index (κ1) is 13.0. The molecule has 0 radical (unpaired) electrons. The van der Waals surface area contributed by atoms with Gasteiger partial charge in [-0.05, 0) is 25.7 Å². The normalized spacial score (nSPS) is 32.4. The second-order valence-corrected chi connectivity index (χ2v) is 4.94. The first-order valence-corrected chi connectivity index (χ1v) is 6.65. The molecule has 0 saturated heterocycles. The predicted molar refractivity (Wildman–Crippen MR) is 62.8 cm³/mol. The quantitative estimate of drug-likeness (QED) is 0.650. The summed E-state index contributed by atoms with van der Waals surface area (Å²) in [5.41, 5.74) is 0. The molecule has 0 aromatic heterocycles. The van der Waals surface area contributed by atoms with Crippen LogP contribution in [0.4, 0.5) is 0 Å². The fraction of sp³-hybridized carbons (Fsp3) is 1.00. The first-order valence-electron chi connectivity index (χ1n) is 6.65. The maximum Gasteiger partial charge on any atom is 0.0540 e. The van der Waals surface area contributed by atoms with Gasteiger partial charge in [-0.15, -0.1) is 0 Å². The molecule has 0 amide bonds. The van der Waals surface area contributed by atoms with Gasteiger partial charge in [0.25, 0.3) is 0 Å². The summed E-state index contributed by atoms with van der Waals surface area (Å²) < 4.78 is 0. The van der Waals surface area contributed by atoms with Crippen LogP contribution in [0.1, 0.15) is 70.6 Å². The van der Waals surface area contributed by atoms with E-state index in [0.29, 0.717) is 0 Å². The molecule has 0 aromatic carbocycles. The molecule has 2 atom stereocenters. The van der Waals surface area contributed by atoms with Crippen molar-refractivity contribution in [3.8, 4) is 0 Å². The van der Waals surface area contributed by atoms with Gasteiger partial charge in [0.1, 0.15) is 0 Å². The third-order valence-corrected chi connectivity index (χ3v) is 3.40. The average Bonchev–Trinajstić information content (AvgIpc) is 2.23. The van der Waals surface area contributed by atoms with E-state index < -0.39 is 0 Å². The lowest BCUT2D eigenvalue weighted by Crippen LogP contribution is -2.08. The highest BCUT2D eigenvalue weighted by atomic mass is 16.3. The summed E-state index contributed by atoms with van der Waals surface area (Å²) in [6.07, 6.45) is 11.8. The number of rotatable bonds is 0. The van der Waals surface area contributed by atoms with E-state index in [0.717, 1.165) is 38.5 Å². The molecular weight excluding hydrogens is 188 g/mol. The lowest BCUT2D eigenvalue weighted by Gasteiger charge is -2.11. The van der Waals surface area contributed by atoms with E-state index in [4.69, 9.17) is 0 Å². The minimum Gasteiger partial charge on any atom is -0.393 e. The van der Waals surface area contributed by atoms with Gasteiger partial charge >= 0.3 is 0 Å². The van der Waals surface area contributed by atoms with Crippen LogP contribution in [0.15, 0.2) is 0 Å². The summed E-state index contributed by atoms with van der Waals surface area (Å²) in [6, 6.07) is 0. The van der Waals surface area contributed by atoms with Crippen molar-refractivity contribution in [1.82, 2.24) is 0 Å². The molecule has 2 unspecified atom stereocenters. The van der Waals surface area contributed by atoms with Crippen molar-refractivity contribution in [3.05, 3.63) is 0 Å². The van der Waals surface area contributed by atoms with Crippen LogP contribution >= 0.6 is 0 Å². The van der Waals surface area contributed by atoms with Crippen LogP contribution in [0.2, 0.25) is 0 Å². The zero-order chi connectivity index (χ0) is 10.9. The van der Waals surface area contributed by atoms with E-state index in [1.807, 2.05) is 0 Å². The second kappa shape index (κ2) is 8.12. The molecule has 0 heterocycles. The third kappa shape index (κ3) is 6.91. The highest BCUT2D eigenvalue weighted by Crippen LogP contribution is 2.16. The van der Waals surface area contributed by atoms with E-state index in [1.165, 1.54) is 32.1 Å². The lowest BCUT2D eigenvalue weighted by molar-refractivity contribution is 0.134. The number of aliphatic hydroxyl groups excluding tert-OH is 2. The lowest BCUT2D eigenvalue weighted by atomic mass is 10.0. The summed E-state index contributed by atoms with van der Waals surface area (Å²) in [6.45, 7) is 0. The van der Waals surface area contributed by atoms with E-state index >= 15 is 0 Å². The van der Waals surface area contributed by atoms with E-state index in [-0.39, 0.29) is 12.2 Å². The van der Waals surface area contributed by atoms with Gasteiger partial charge in [0.2, 0.25) is 0 Å². The minimum absolute atomic E-state index is 0.0945. The molecule has 1 saturated carbocycles. The van der Waals surface area contributed by atoms with Crippen LogP contribution in [-0.4, -0.2) is 22.4 Å². The largest absolute Gasteiger partial charge is 0.393 e. The molecular formula is C13H26O2. The first-order chi connectivity index (χ1) is 7.29. The minimum atomic E-state index is -0.0945. The Morgan fingerprint density at radius 1 is 0.467 bits per heavy atom. The molecule has 1 fully saturated rings. The van der Waals surface area contributed by atoms with Gasteiger partial charge in [-0.1, -0.05) is 44.9 Å². The average molecular weight is 214 g/mol. The summed E-state index contributed by atoms with van der Waals surface area (Å²) >= 11 is 0. The molecule has 1 aliphatic carbocycles. The maximum atomic E-state index is 9.67. The van der Waals surface area contributed by atoms with Crippen LogP contribution in [0, 0.1) is 0 Å². The molecule has 2 heteroatoms. The monoisotopic (exact) mass is 214 g/mol. The Balaban J connectivity index is 2.21. The molecule has 2 N–H and O–H groups in total. The Morgan fingerprint density at radius 2 is 0.733 bits per heavy atom. The van der Waals surface area contributed by atoms with E-state index in [2.05, 4.69) is 0 Å². The number of hydrogen-bond donors (Lipinski definition) is 2. The van der Waals surface area contributed by atoms with Crippen molar-refractivity contribution in [2.45, 2.75) is 82.8 Å². The van der Waals surface area contributed by atoms with Crippen molar-refractivity contribution in [1.29, 1.82) is 0 Å². The smallest absolute Gasteiger partial charge is 0.0540 e. The van der Waals surface area contributed by atoms with Crippen molar-refractivity contribution >= 4 is 0 Å². The summed E-state index contributed by atoms with van der Waals surface area (Å²) in [5, 5.41) is 19.3. The van der Waals surface area contributed by atoms with Crippen molar-refractivity contribution in [2.24, 2.45) is 0 Å². The van der Waals surface area contributed by atoms with Gasteiger partial charge < -0.3 is 10.2 Å². The van der Waals surface area contributed by atoms with Gasteiger partial charge in [0, 0.05) is 0 Å². The van der Waals surface area contributed by atoms with Gasteiger partial charge in [0.15, 0.2) is 0 Å². The van der Waals surface area contributed by atoms with E-state index in [9.17, 15) is 10.2 Å². The van der Waals surface area contributed by atoms with E-state index in [1.54, 1.807) is 0 Å². The molecule has 0 spiro atoms. The zero-order valence-electron chi connectivity index (χ0n) is 9.83. The second-order valence-electron chi connectivity index (χ2n) is 4.94. The Morgan fingerprint density at radius 3 is 1.13 bits per heavy atom. The van der Waals surface area contributed by atoms with Crippen LogP contribution < -0.4 is 0 Å². The molecule has 90 valence electrons. The number of hydrogen-bond acceptors (Lipinski definition) is 2. The number of aliphatic hydroxyl groups is 2. The van der Waals surface area contributed by atoms with Crippen molar-refractivity contribution < 1.29 is 10.2 Å². The SMILES string of the molecule is OC1CCCCCCCC(O)CCCC1. The molecule has 0 bridgehead atoms. The van der Waals surface area contributed by atoms with Gasteiger partial charge in [-0.3, -0.25) is 0 Å². The Bertz CT molecular complexity index is 131. The molecule has 1 aliphatic rings. The fourth-order valence-electron chi connectivity index (χ4n) is 2.34. The Kier molecular flexibility index (Phi) is 7.03. The topological polar surface area (TPSA) is 40.5 Å². The molecule has 2 nitrogen and oxygen atoms in total. The third-order valence-electron chi connectivity index (χ3n) is 3.40. The summed E-state index contributed by atoms with van der Waals surface area (Å²) in [4.78, 5) is 0. The van der Waals surface area contributed by atoms with Crippen LogP contribution in [0.3, 0.4) is 0 Å². The summed E-state index contributed by atoms with van der Waals surface area (Å²) in [5.74, 6) is 0. The highest BCUT2D eigenvalue weighted by molar-refractivity contribution is 4.62. The molecule has 15 heavy (non-hydrogen) atoms. The Labute approximate surface area is 93.7 Å². The summed E-state index contributed by atoms with van der Waals surface area (Å²) in [7, 11) is 0. The van der Waals surface area contributed by atoms with Gasteiger partial charge in [-0.2, -0.15) is 0 Å². The molecule has 0 aliphatic heterocycles. The van der Waals surface area contributed by atoms with Crippen LogP contribution in [0.25, 0.3) is 0 Å². The van der Waals surface area contributed by atoms with Crippen molar-refractivity contribution in [2.75, 3.05) is 0 Å². The van der Waals surface area contributed by atoms with Crippen molar-refractivity contribution in [3.63, 3.8) is 0 Å². The highest BCUT2D eigenvalue weighted by Gasteiger charge is 2.08. The van der Waals surface area contributed by atoms with Gasteiger partial charge in [0.05, 0.1) is 12.2 Å². The van der Waals surface area contributed by atoms with Crippen LogP contribution in [-0.2, 0) is 0 Å². The Hall–Kier alpha value is -0.0800. The molecule has 0 aromatic rings. The fourth-order valence-corrected chi connectivity index (χ4v) is 2.34. The predicted octanol–water partition coefficient (Wildman–Crippen LogP) is 3.01. The molecule has 1 rings (SSSR count). The zero-order valence-corrected chi connectivity index (χ0v) is 9.83. The maximum absolute atomic E-state index is 9.67. The van der Waals surface area contributed by atoms with Gasteiger partial charge in [-0.25, -0.2) is 0 Å². The standard InChI is InChI=1S/C13H26O2/c14-12-8-4-2-1-3-5-9-13(15)11-7-6-10-12/h12-15H,1-11H2.